The first-order valence-electron chi connectivity index (χ1n) is 7.36. The minimum atomic E-state index is -0.237. The summed E-state index contributed by atoms with van der Waals surface area (Å²) in [7, 11) is 0. The Morgan fingerprint density at radius 2 is 1.90 bits per heavy atom. The Bertz CT molecular complexity index is 552. The van der Waals surface area contributed by atoms with Crippen LogP contribution in [0.4, 0.5) is 5.69 Å². The molecule has 0 saturated heterocycles. The van der Waals surface area contributed by atoms with Crippen LogP contribution in [0.1, 0.15) is 42.2 Å². The van der Waals surface area contributed by atoms with Crippen molar-refractivity contribution >= 4 is 11.6 Å². The zero-order valence-electron chi connectivity index (χ0n) is 12.3. The van der Waals surface area contributed by atoms with E-state index in [-0.39, 0.29) is 5.91 Å². The van der Waals surface area contributed by atoms with Gasteiger partial charge in [0.2, 0.25) is 0 Å². The van der Waals surface area contributed by atoms with E-state index in [0.717, 1.165) is 12.1 Å². The predicted octanol–water partition coefficient (Wildman–Crippen LogP) is 3.57. The number of nitrogens with zero attached hydrogens (tertiary/aromatic N) is 1. The first-order chi connectivity index (χ1) is 10.3. The summed E-state index contributed by atoms with van der Waals surface area (Å²) in [5.41, 5.74) is 7.92. The van der Waals surface area contributed by atoms with Gasteiger partial charge in [-0.25, -0.2) is 0 Å². The molecule has 0 aliphatic heterocycles. The van der Waals surface area contributed by atoms with Gasteiger partial charge in [0.15, 0.2) is 0 Å². The number of hydrogen-bond acceptors (Lipinski definition) is 3. The van der Waals surface area contributed by atoms with E-state index in [1.807, 2.05) is 36.4 Å². The average molecular weight is 283 g/mol. The van der Waals surface area contributed by atoms with Crippen molar-refractivity contribution in [2.24, 2.45) is 0 Å². The molecule has 1 amide bonds. The number of amides is 1. The SMILES string of the molecule is CCCCCc1ccc(C(=O)NNc2ccccc2)nc1. The number of hydrogen-bond donors (Lipinski definition) is 2. The van der Waals surface area contributed by atoms with Crippen molar-refractivity contribution in [3.63, 3.8) is 0 Å². The lowest BCUT2D eigenvalue weighted by Crippen LogP contribution is -2.29. The van der Waals surface area contributed by atoms with Crippen molar-refractivity contribution in [2.45, 2.75) is 32.6 Å². The largest absolute Gasteiger partial charge is 0.298 e. The van der Waals surface area contributed by atoms with E-state index in [9.17, 15) is 4.79 Å². The summed E-state index contributed by atoms with van der Waals surface area (Å²) in [4.78, 5) is 16.2. The lowest BCUT2D eigenvalue weighted by Gasteiger charge is -2.08. The van der Waals surface area contributed by atoms with Gasteiger partial charge in [0, 0.05) is 6.20 Å². The molecule has 0 aliphatic carbocycles. The van der Waals surface area contributed by atoms with Gasteiger partial charge in [-0.2, -0.15) is 0 Å². The van der Waals surface area contributed by atoms with Gasteiger partial charge in [0.05, 0.1) is 5.69 Å². The Morgan fingerprint density at radius 3 is 2.57 bits per heavy atom. The van der Waals surface area contributed by atoms with Gasteiger partial charge in [-0.1, -0.05) is 44.0 Å². The molecule has 110 valence electrons. The molecule has 1 aromatic carbocycles. The maximum atomic E-state index is 12.0. The summed E-state index contributed by atoms with van der Waals surface area (Å²) in [5.74, 6) is -0.237. The number of unbranched alkanes of at least 4 members (excludes halogenated alkanes) is 2. The third kappa shape index (κ3) is 4.91. The van der Waals surface area contributed by atoms with Crippen LogP contribution in [0.3, 0.4) is 0 Å². The van der Waals surface area contributed by atoms with Crippen LogP contribution < -0.4 is 10.9 Å². The summed E-state index contributed by atoms with van der Waals surface area (Å²) < 4.78 is 0. The van der Waals surface area contributed by atoms with Crippen LogP contribution in [0.5, 0.6) is 0 Å². The van der Waals surface area contributed by atoms with E-state index in [1.54, 1.807) is 12.3 Å². The number of anilines is 1. The lowest BCUT2D eigenvalue weighted by molar-refractivity contribution is 0.0957. The smallest absolute Gasteiger partial charge is 0.288 e. The molecule has 0 atom stereocenters. The van der Waals surface area contributed by atoms with Crippen LogP contribution in [0.15, 0.2) is 48.7 Å². The maximum Gasteiger partial charge on any atom is 0.288 e. The molecule has 0 saturated carbocycles. The van der Waals surface area contributed by atoms with Gasteiger partial charge in [-0.05, 0) is 36.6 Å². The molecular formula is C17H21N3O. The zero-order chi connectivity index (χ0) is 14.9. The molecule has 1 aromatic heterocycles. The molecule has 1 heterocycles. The fraction of sp³-hybridized carbons (Fsp3) is 0.294. The number of carbonyl (C=O) groups excluding carboxylic acids is 1. The Balaban J connectivity index is 1.85. The number of benzene rings is 1. The number of hydrazine groups is 1. The molecule has 0 spiro atoms. The normalized spacial score (nSPS) is 10.1. The minimum Gasteiger partial charge on any atom is -0.298 e. The van der Waals surface area contributed by atoms with Crippen LogP contribution in [-0.4, -0.2) is 10.9 Å². The van der Waals surface area contributed by atoms with Gasteiger partial charge in [0.25, 0.3) is 5.91 Å². The highest BCUT2D eigenvalue weighted by Gasteiger charge is 2.06. The quantitative estimate of drug-likeness (QED) is 0.603. The first kappa shape index (κ1) is 15.0. The second kappa shape index (κ2) is 8.04. The molecule has 4 nitrogen and oxygen atoms in total. The highest BCUT2D eigenvalue weighted by atomic mass is 16.2. The standard InChI is InChI=1S/C17H21N3O/c1-2-3-5-8-14-11-12-16(18-13-14)17(21)20-19-15-9-6-4-7-10-15/h4,6-7,9-13,19H,2-3,5,8H2,1H3,(H,20,21). The summed E-state index contributed by atoms with van der Waals surface area (Å²) >= 11 is 0. The highest BCUT2D eigenvalue weighted by molar-refractivity contribution is 5.92. The van der Waals surface area contributed by atoms with E-state index in [4.69, 9.17) is 0 Å². The minimum absolute atomic E-state index is 0.237. The van der Waals surface area contributed by atoms with Crippen molar-refractivity contribution in [2.75, 3.05) is 5.43 Å². The van der Waals surface area contributed by atoms with Crippen LogP contribution in [-0.2, 0) is 6.42 Å². The van der Waals surface area contributed by atoms with E-state index in [2.05, 4.69) is 22.8 Å². The van der Waals surface area contributed by atoms with Crippen molar-refractivity contribution in [3.05, 3.63) is 59.9 Å². The fourth-order valence-corrected chi connectivity index (χ4v) is 2.00. The molecule has 2 rings (SSSR count). The third-order valence-electron chi connectivity index (χ3n) is 3.22. The van der Waals surface area contributed by atoms with E-state index >= 15 is 0 Å². The van der Waals surface area contributed by atoms with E-state index in [1.165, 1.54) is 24.8 Å². The van der Waals surface area contributed by atoms with Crippen molar-refractivity contribution in [3.8, 4) is 0 Å². The number of nitrogens with one attached hydrogen (secondary N) is 2. The van der Waals surface area contributed by atoms with Crippen LogP contribution in [0, 0.1) is 0 Å². The molecule has 0 unspecified atom stereocenters. The fourth-order valence-electron chi connectivity index (χ4n) is 2.00. The summed E-state index contributed by atoms with van der Waals surface area (Å²) in [6.07, 6.45) is 6.40. The summed E-state index contributed by atoms with van der Waals surface area (Å²) in [6, 6.07) is 13.2. The third-order valence-corrected chi connectivity index (χ3v) is 3.22. The molecule has 21 heavy (non-hydrogen) atoms. The lowest BCUT2D eigenvalue weighted by atomic mass is 10.1. The zero-order valence-corrected chi connectivity index (χ0v) is 12.3. The second-order valence-corrected chi connectivity index (χ2v) is 4.95. The van der Waals surface area contributed by atoms with Crippen molar-refractivity contribution < 1.29 is 4.79 Å². The second-order valence-electron chi connectivity index (χ2n) is 4.95. The molecule has 2 aromatic rings. The van der Waals surface area contributed by atoms with Gasteiger partial charge in [-0.3, -0.25) is 20.6 Å². The molecule has 0 radical (unpaired) electrons. The summed E-state index contributed by atoms with van der Waals surface area (Å²) in [6.45, 7) is 2.19. The number of carbonyl (C=O) groups is 1. The van der Waals surface area contributed by atoms with Gasteiger partial charge >= 0.3 is 0 Å². The van der Waals surface area contributed by atoms with Crippen LogP contribution in [0.25, 0.3) is 0 Å². The van der Waals surface area contributed by atoms with Gasteiger partial charge in [0.1, 0.15) is 5.69 Å². The monoisotopic (exact) mass is 283 g/mol. The molecule has 0 bridgehead atoms. The van der Waals surface area contributed by atoms with Gasteiger partial charge < -0.3 is 0 Å². The van der Waals surface area contributed by atoms with Crippen LogP contribution in [0.2, 0.25) is 0 Å². The maximum absolute atomic E-state index is 12.0. The van der Waals surface area contributed by atoms with Crippen molar-refractivity contribution in [1.82, 2.24) is 10.4 Å². The number of aromatic nitrogens is 1. The highest BCUT2D eigenvalue weighted by Crippen LogP contribution is 2.07. The Labute approximate surface area is 125 Å². The number of pyridine rings is 1. The molecule has 0 aliphatic rings. The van der Waals surface area contributed by atoms with Gasteiger partial charge in [-0.15, -0.1) is 0 Å². The first-order valence-corrected chi connectivity index (χ1v) is 7.36. The van der Waals surface area contributed by atoms with E-state index < -0.39 is 0 Å². The van der Waals surface area contributed by atoms with E-state index in [0.29, 0.717) is 5.69 Å². The topological polar surface area (TPSA) is 54.0 Å². The predicted molar refractivity (Wildman–Crippen MR) is 85.0 cm³/mol. The molecular weight excluding hydrogens is 262 g/mol. The Kier molecular flexibility index (Phi) is 5.76. The summed E-state index contributed by atoms with van der Waals surface area (Å²) in [5, 5.41) is 0. The molecule has 0 fully saturated rings. The average Bonchev–Trinajstić information content (AvgIpc) is 2.54. The number of aryl methyl sites for hydroxylation is 1. The van der Waals surface area contributed by atoms with Crippen LogP contribution >= 0.6 is 0 Å². The number of para-hydroxylation sites is 1. The van der Waals surface area contributed by atoms with Crippen molar-refractivity contribution in [1.29, 1.82) is 0 Å². The Morgan fingerprint density at radius 1 is 1.10 bits per heavy atom. The number of rotatable bonds is 7. The molecule has 4 heteroatoms. The molecule has 2 N–H and O–H groups in total. The Hall–Kier alpha value is -2.36.